The van der Waals surface area contributed by atoms with Crippen molar-refractivity contribution in [2.75, 3.05) is 20.1 Å². The Hall–Kier alpha value is -1.59. The fraction of sp³-hybridized carbons (Fsp3) is 0.824. The first-order valence-electron chi connectivity index (χ1n) is 8.76. The third-order valence-corrected chi connectivity index (χ3v) is 5.00. The highest BCUT2D eigenvalue weighted by molar-refractivity contribution is 5.80. The van der Waals surface area contributed by atoms with Crippen LogP contribution in [-0.4, -0.2) is 41.1 Å². The van der Waals surface area contributed by atoms with Crippen LogP contribution in [-0.2, 0) is 12.0 Å². The second kappa shape index (κ2) is 6.49. The van der Waals surface area contributed by atoms with Crippen molar-refractivity contribution >= 4 is 5.96 Å². The molecule has 1 saturated carbocycles. The molecule has 128 valence electrons. The van der Waals surface area contributed by atoms with E-state index >= 15 is 0 Å². The first kappa shape index (κ1) is 16.3. The molecule has 0 radical (unpaired) electrons. The monoisotopic (exact) mass is 319 g/mol. The molecule has 1 aromatic heterocycles. The van der Waals surface area contributed by atoms with Gasteiger partial charge >= 0.3 is 0 Å². The van der Waals surface area contributed by atoms with Gasteiger partial charge in [0.1, 0.15) is 0 Å². The summed E-state index contributed by atoms with van der Waals surface area (Å²) >= 11 is 0. The van der Waals surface area contributed by atoms with Crippen LogP contribution in [0.5, 0.6) is 0 Å². The van der Waals surface area contributed by atoms with Gasteiger partial charge in [0.25, 0.3) is 0 Å². The summed E-state index contributed by atoms with van der Waals surface area (Å²) in [4.78, 5) is 11.3. The van der Waals surface area contributed by atoms with Gasteiger partial charge in [0.15, 0.2) is 11.8 Å². The Morgan fingerprint density at radius 3 is 2.43 bits per heavy atom. The summed E-state index contributed by atoms with van der Waals surface area (Å²) in [6, 6.07) is 0. The van der Waals surface area contributed by atoms with Crippen LogP contribution in [0.15, 0.2) is 9.52 Å². The number of nitrogens with one attached hydrogen (secondary N) is 1. The van der Waals surface area contributed by atoms with Crippen molar-refractivity contribution in [3.8, 4) is 0 Å². The van der Waals surface area contributed by atoms with Crippen LogP contribution < -0.4 is 5.32 Å². The highest BCUT2D eigenvalue weighted by Gasteiger charge is 2.35. The first-order valence-corrected chi connectivity index (χ1v) is 8.76. The molecule has 0 amide bonds. The molecule has 1 saturated heterocycles. The molecular formula is C17H29N5O. The van der Waals surface area contributed by atoms with Gasteiger partial charge in [0.05, 0.1) is 6.54 Å². The normalized spacial score (nSPS) is 25.6. The van der Waals surface area contributed by atoms with E-state index in [1.165, 1.54) is 25.7 Å². The van der Waals surface area contributed by atoms with E-state index in [1.54, 1.807) is 0 Å². The van der Waals surface area contributed by atoms with E-state index in [1.807, 2.05) is 7.05 Å². The zero-order valence-corrected chi connectivity index (χ0v) is 14.8. The smallest absolute Gasteiger partial charge is 0.232 e. The SMILES string of the molecule is CN=C(NCc1noc(C(C)(C)C)n1)N1CC2CCCCC2C1. The Morgan fingerprint density at radius 2 is 1.91 bits per heavy atom. The Bertz CT molecular complexity index is 546. The van der Waals surface area contributed by atoms with E-state index in [0.717, 1.165) is 30.9 Å². The predicted octanol–water partition coefficient (Wildman–Crippen LogP) is 2.56. The number of aliphatic imine (C=N–C) groups is 1. The molecule has 2 unspecified atom stereocenters. The Labute approximate surface area is 138 Å². The second-order valence-corrected chi connectivity index (χ2v) is 7.88. The average Bonchev–Trinajstić information content (AvgIpc) is 3.13. The van der Waals surface area contributed by atoms with Gasteiger partial charge in [-0.05, 0) is 24.7 Å². The summed E-state index contributed by atoms with van der Waals surface area (Å²) in [6.45, 7) is 9.03. The van der Waals surface area contributed by atoms with Gasteiger partial charge in [-0.15, -0.1) is 0 Å². The molecule has 0 bridgehead atoms. The predicted molar refractivity (Wildman–Crippen MR) is 90.2 cm³/mol. The minimum absolute atomic E-state index is 0.114. The summed E-state index contributed by atoms with van der Waals surface area (Å²) < 4.78 is 5.34. The molecule has 2 aliphatic rings. The third kappa shape index (κ3) is 3.67. The van der Waals surface area contributed by atoms with Crippen molar-refractivity contribution in [3.05, 3.63) is 11.7 Å². The van der Waals surface area contributed by atoms with Crippen molar-refractivity contribution in [1.29, 1.82) is 0 Å². The fourth-order valence-electron chi connectivity index (χ4n) is 3.70. The van der Waals surface area contributed by atoms with Gasteiger partial charge in [-0.1, -0.05) is 38.8 Å². The van der Waals surface area contributed by atoms with Crippen molar-refractivity contribution in [2.45, 2.75) is 58.4 Å². The Morgan fingerprint density at radius 1 is 1.26 bits per heavy atom. The lowest BCUT2D eigenvalue weighted by Crippen LogP contribution is -2.40. The molecule has 23 heavy (non-hydrogen) atoms. The molecule has 2 fully saturated rings. The van der Waals surface area contributed by atoms with Crippen molar-refractivity contribution < 1.29 is 4.52 Å². The maximum Gasteiger partial charge on any atom is 0.232 e. The van der Waals surface area contributed by atoms with Gasteiger partial charge in [0.2, 0.25) is 5.89 Å². The summed E-state index contributed by atoms with van der Waals surface area (Å²) in [5.74, 6) is 4.02. The Kier molecular flexibility index (Phi) is 4.60. The minimum Gasteiger partial charge on any atom is -0.349 e. The number of likely N-dealkylation sites (tertiary alicyclic amines) is 1. The number of hydrogen-bond acceptors (Lipinski definition) is 4. The Balaban J connectivity index is 1.57. The molecule has 1 aliphatic heterocycles. The van der Waals surface area contributed by atoms with E-state index in [9.17, 15) is 0 Å². The number of hydrogen-bond donors (Lipinski definition) is 1. The quantitative estimate of drug-likeness (QED) is 0.670. The van der Waals surface area contributed by atoms with E-state index in [2.05, 4.69) is 46.1 Å². The molecule has 0 aromatic carbocycles. The highest BCUT2D eigenvalue weighted by atomic mass is 16.5. The lowest BCUT2D eigenvalue weighted by Gasteiger charge is -2.22. The first-order chi connectivity index (χ1) is 11.0. The van der Waals surface area contributed by atoms with Gasteiger partial charge in [-0.2, -0.15) is 4.98 Å². The van der Waals surface area contributed by atoms with Crippen LogP contribution in [0.3, 0.4) is 0 Å². The molecule has 2 atom stereocenters. The van der Waals surface area contributed by atoms with Crippen LogP contribution in [0, 0.1) is 11.8 Å². The van der Waals surface area contributed by atoms with Crippen LogP contribution in [0.4, 0.5) is 0 Å². The van der Waals surface area contributed by atoms with Gasteiger partial charge in [-0.25, -0.2) is 0 Å². The molecule has 1 aromatic rings. The number of rotatable bonds is 2. The van der Waals surface area contributed by atoms with Crippen LogP contribution in [0.1, 0.15) is 58.2 Å². The van der Waals surface area contributed by atoms with Crippen LogP contribution in [0.2, 0.25) is 0 Å². The fourth-order valence-corrected chi connectivity index (χ4v) is 3.70. The molecule has 2 heterocycles. The molecule has 1 N–H and O–H groups in total. The van der Waals surface area contributed by atoms with Crippen molar-refractivity contribution in [2.24, 2.45) is 16.8 Å². The molecule has 3 rings (SSSR count). The molecule has 0 spiro atoms. The lowest BCUT2D eigenvalue weighted by molar-refractivity contribution is 0.299. The van der Waals surface area contributed by atoms with Gasteiger partial charge < -0.3 is 14.7 Å². The topological polar surface area (TPSA) is 66.5 Å². The standard InChI is InChI=1S/C17H29N5O/c1-17(2,3)15-20-14(21-23-15)9-19-16(18-4)22-10-12-7-5-6-8-13(12)11-22/h12-13H,5-11H2,1-4H3,(H,18,19). The summed E-state index contributed by atoms with van der Waals surface area (Å²) in [5, 5.41) is 7.46. The number of fused-ring (bicyclic) bond motifs is 1. The van der Waals surface area contributed by atoms with Gasteiger partial charge in [-0.3, -0.25) is 4.99 Å². The summed E-state index contributed by atoms with van der Waals surface area (Å²) in [6.07, 6.45) is 5.52. The second-order valence-electron chi connectivity index (χ2n) is 7.88. The molecule has 6 nitrogen and oxygen atoms in total. The molecular weight excluding hydrogens is 290 g/mol. The largest absolute Gasteiger partial charge is 0.349 e. The van der Waals surface area contributed by atoms with Crippen LogP contribution >= 0.6 is 0 Å². The minimum atomic E-state index is -0.114. The maximum absolute atomic E-state index is 5.34. The maximum atomic E-state index is 5.34. The number of nitrogens with zero attached hydrogens (tertiary/aromatic N) is 4. The zero-order valence-electron chi connectivity index (χ0n) is 14.8. The van der Waals surface area contributed by atoms with E-state index in [4.69, 9.17) is 4.52 Å². The van der Waals surface area contributed by atoms with Crippen molar-refractivity contribution in [1.82, 2.24) is 20.4 Å². The summed E-state index contributed by atoms with van der Waals surface area (Å²) in [7, 11) is 1.85. The van der Waals surface area contributed by atoms with Gasteiger partial charge in [0, 0.05) is 25.6 Å². The average molecular weight is 319 g/mol. The molecule has 1 aliphatic carbocycles. The third-order valence-electron chi connectivity index (χ3n) is 5.00. The van der Waals surface area contributed by atoms with E-state index in [0.29, 0.717) is 18.3 Å². The number of aromatic nitrogens is 2. The van der Waals surface area contributed by atoms with E-state index in [-0.39, 0.29) is 5.41 Å². The lowest BCUT2D eigenvalue weighted by atomic mass is 9.82. The molecule has 6 heteroatoms. The summed E-state index contributed by atoms with van der Waals surface area (Å²) in [5.41, 5.74) is -0.114. The van der Waals surface area contributed by atoms with Crippen LogP contribution in [0.25, 0.3) is 0 Å². The van der Waals surface area contributed by atoms with Crippen molar-refractivity contribution in [3.63, 3.8) is 0 Å². The zero-order chi connectivity index (χ0) is 16.4. The van der Waals surface area contributed by atoms with E-state index < -0.39 is 0 Å². The number of guanidine groups is 1. The highest BCUT2D eigenvalue weighted by Crippen LogP contribution is 2.35.